The van der Waals surface area contributed by atoms with Crippen LogP contribution in [0.1, 0.15) is 162 Å². The fourth-order valence-corrected chi connectivity index (χ4v) is 5.32. The van der Waals surface area contributed by atoms with E-state index in [1.165, 1.54) is 122 Å². The number of carboxylic acid groups (broad SMARTS) is 1. The highest BCUT2D eigenvalue weighted by molar-refractivity contribution is 5.71. The smallest absolute Gasteiger partial charge is 0.307 e. The van der Waals surface area contributed by atoms with Crippen molar-refractivity contribution in [1.29, 1.82) is 0 Å². The largest absolute Gasteiger partial charge is 0.481 e. The van der Waals surface area contributed by atoms with Crippen molar-refractivity contribution >= 4 is 11.9 Å². The van der Waals surface area contributed by atoms with Crippen molar-refractivity contribution in [3.05, 3.63) is 0 Å². The molecule has 2 unspecified atom stereocenters. The van der Waals surface area contributed by atoms with Crippen molar-refractivity contribution in [3.8, 4) is 0 Å². The van der Waals surface area contributed by atoms with E-state index in [9.17, 15) is 9.59 Å². The Morgan fingerprint density at radius 1 is 0.658 bits per heavy atom. The third-order valence-electron chi connectivity index (χ3n) is 7.58. The Bertz CT molecular complexity index is 558. The molecular formula is C33H66NO4+. The van der Waals surface area contributed by atoms with E-state index in [2.05, 4.69) is 13.8 Å². The second kappa shape index (κ2) is 24.9. The summed E-state index contributed by atoms with van der Waals surface area (Å²) >= 11 is 0. The highest BCUT2D eigenvalue weighted by atomic mass is 16.5. The average molecular weight is 541 g/mol. The van der Waals surface area contributed by atoms with Gasteiger partial charge in [-0.1, -0.05) is 142 Å². The van der Waals surface area contributed by atoms with Crippen molar-refractivity contribution in [3.63, 3.8) is 0 Å². The molecule has 0 aromatic carbocycles. The fraction of sp³-hybridized carbons (Fsp3) is 0.939. The molecule has 0 aliphatic heterocycles. The first kappa shape index (κ1) is 36.9. The Kier molecular flexibility index (Phi) is 24.2. The first-order valence-electron chi connectivity index (χ1n) is 16.4. The molecule has 0 aliphatic carbocycles. The van der Waals surface area contributed by atoms with Crippen molar-refractivity contribution in [2.75, 3.05) is 27.7 Å². The first-order chi connectivity index (χ1) is 18.1. The highest BCUT2D eigenvalue weighted by Gasteiger charge is 2.24. The molecule has 0 amide bonds. The molecule has 38 heavy (non-hydrogen) atoms. The summed E-state index contributed by atoms with van der Waals surface area (Å²) in [6.45, 7) is 5.24. The minimum Gasteiger partial charge on any atom is -0.481 e. The first-order valence-corrected chi connectivity index (χ1v) is 16.4. The van der Waals surface area contributed by atoms with Crippen LogP contribution in [0.3, 0.4) is 0 Å². The van der Waals surface area contributed by atoms with Crippen molar-refractivity contribution < 1.29 is 23.9 Å². The molecule has 0 rings (SSSR count). The number of quaternary nitrogens is 1. The van der Waals surface area contributed by atoms with Gasteiger partial charge in [-0.3, -0.25) is 9.59 Å². The molecule has 5 nitrogen and oxygen atoms in total. The summed E-state index contributed by atoms with van der Waals surface area (Å²) in [6, 6.07) is 0. The predicted octanol–water partition coefficient (Wildman–Crippen LogP) is 9.32. The molecule has 0 heterocycles. The van der Waals surface area contributed by atoms with Crippen LogP contribution in [0.4, 0.5) is 0 Å². The maximum absolute atomic E-state index is 12.1. The number of carbonyl (C=O) groups excluding carboxylic acids is 1. The number of hydrogen-bond donors (Lipinski definition) is 1. The molecular weight excluding hydrogens is 474 g/mol. The number of unbranched alkanes of at least 4 members (excludes halogenated alkanes) is 17. The number of aliphatic carboxylic acids is 1. The maximum atomic E-state index is 12.1. The molecule has 0 fully saturated rings. The third-order valence-corrected chi connectivity index (χ3v) is 7.58. The number of likely N-dealkylation sites (N-methyl/N-ethyl adjacent to an activating group) is 1. The van der Waals surface area contributed by atoms with Crippen molar-refractivity contribution in [2.24, 2.45) is 5.92 Å². The highest BCUT2D eigenvalue weighted by Crippen LogP contribution is 2.19. The van der Waals surface area contributed by atoms with Crippen LogP contribution in [0.15, 0.2) is 0 Å². The van der Waals surface area contributed by atoms with Crippen LogP contribution in [0.5, 0.6) is 0 Å². The van der Waals surface area contributed by atoms with E-state index in [-0.39, 0.29) is 12.4 Å². The lowest BCUT2D eigenvalue weighted by Gasteiger charge is -2.28. The van der Waals surface area contributed by atoms with E-state index in [4.69, 9.17) is 9.84 Å². The summed E-state index contributed by atoms with van der Waals surface area (Å²) in [4.78, 5) is 23.2. The van der Waals surface area contributed by atoms with Crippen LogP contribution >= 0.6 is 0 Å². The third kappa shape index (κ3) is 27.9. The monoisotopic (exact) mass is 540 g/mol. The molecule has 0 spiro atoms. The van der Waals surface area contributed by atoms with Gasteiger partial charge in [0.05, 0.1) is 27.6 Å². The summed E-state index contributed by atoms with van der Waals surface area (Å²) in [7, 11) is 5.93. The van der Waals surface area contributed by atoms with Crippen LogP contribution in [0.2, 0.25) is 0 Å². The lowest BCUT2D eigenvalue weighted by molar-refractivity contribution is -0.873. The average Bonchev–Trinajstić information content (AvgIpc) is 2.82. The Morgan fingerprint density at radius 3 is 1.45 bits per heavy atom. The number of hydrogen-bond acceptors (Lipinski definition) is 3. The topological polar surface area (TPSA) is 63.6 Å². The molecule has 1 N–H and O–H groups in total. The molecule has 2 atom stereocenters. The van der Waals surface area contributed by atoms with Gasteiger partial charge in [-0.15, -0.1) is 0 Å². The summed E-state index contributed by atoms with van der Waals surface area (Å²) in [5, 5.41) is 9.07. The van der Waals surface area contributed by atoms with Gasteiger partial charge in [0, 0.05) is 6.42 Å². The van der Waals surface area contributed by atoms with E-state index < -0.39 is 12.1 Å². The van der Waals surface area contributed by atoms with E-state index in [0.29, 0.717) is 17.4 Å². The van der Waals surface area contributed by atoms with Gasteiger partial charge in [0.25, 0.3) is 0 Å². The van der Waals surface area contributed by atoms with Crippen molar-refractivity contribution in [1.82, 2.24) is 0 Å². The summed E-state index contributed by atoms with van der Waals surface area (Å²) in [5.41, 5.74) is 0. The van der Waals surface area contributed by atoms with Gasteiger partial charge in [0.15, 0.2) is 6.10 Å². The Morgan fingerprint density at radius 2 is 1.05 bits per heavy atom. The fourth-order valence-electron chi connectivity index (χ4n) is 5.32. The molecule has 0 saturated carbocycles. The number of carbonyl (C=O) groups is 2. The molecule has 226 valence electrons. The Hall–Kier alpha value is -1.10. The second-order valence-corrected chi connectivity index (χ2v) is 13.0. The zero-order valence-electron chi connectivity index (χ0n) is 26.2. The maximum Gasteiger partial charge on any atom is 0.307 e. The van der Waals surface area contributed by atoms with Crippen LogP contribution in [-0.4, -0.2) is 55.3 Å². The van der Waals surface area contributed by atoms with Gasteiger partial charge in [-0.25, -0.2) is 0 Å². The number of carboxylic acids is 1. The Balaban J connectivity index is 3.51. The van der Waals surface area contributed by atoms with Crippen LogP contribution in [0, 0.1) is 5.92 Å². The predicted molar refractivity (Wildman–Crippen MR) is 161 cm³/mol. The van der Waals surface area contributed by atoms with Crippen LogP contribution < -0.4 is 0 Å². The van der Waals surface area contributed by atoms with E-state index in [1.54, 1.807) is 0 Å². The number of esters is 1. The van der Waals surface area contributed by atoms with E-state index in [0.717, 1.165) is 18.8 Å². The van der Waals surface area contributed by atoms with Gasteiger partial charge >= 0.3 is 11.9 Å². The summed E-state index contributed by atoms with van der Waals surface area (Å²) < 4.78 is 6.03. The molecule has 5 heteroatoms. The SMILES string of the molecule is CCCCCCCCCCCCCC(C)CCCCCCCCCCC(=O)OC(CC(=O)O)C[N+](C)(C)C. The van der Waals surface area contributed by atoms with Crippen molar-refractivity contribution in [2.45, 2.75) is 168 Å². The quantitative estimate of drug-likeness (QED) is 0.0610. The summed E-state index contributed by atoms with van der Waals surface area (Å²) in [6.07, 6.45) is 27.8. The lowest BCUT2D eigenvalue weighted by atomic mass is 9.95. The number of nitrogens with zero attached hydrogens (tertiary/aromatic N) is 1. The van der Waals surface area contributed by atoms with E-state index in [1.807, 2.05) is 21.1 Å². The normalized spacial score (nSPS) is 13.4. The molecule has 0 radical (unpaired) electrons. The summed E-state index contributed by atoms with van der Waals surface area (Å²) in [5.74, 6) is -0.298. The van der Waals surface area contributed by atoms with Gasteiger partial charge < -0.3 is 14.3 Å². The zero-order valence-corrected chi connectivity index (χ0v) is 26.2. The molecule has 0 aromatic rings. The number of rotatable bonds is 28. The van der Waals surface area contributed by atoms with Gasteiger partial charge in [0.2, 0.25) is 0 Å². The minimum absolute atomic E-state index is 0.126. The number of ether oxygens (including phenoxy) is 1. The molecule has 0 saturated heterocycles. The van der Waals surface area contributed by atoms with Gasteiger partial charge in [-0.2, -0.15) is 0 Å². The minimum atomic E-state index is -0.921. The van der Waals surface area contributed by atoms with Gasteiger partial charge in [0.1, 0.15) is 6.54 Å². The molecule has 0 bridgehead atoms. The standard InChI is InChI=1S/C33H65NO4/c1-6-7-8-9-10-11-12-13-16-19-22-25-30(2)26-23-20-17-14-15-18-21-24-27-33(37)38-31(28-32(35)36)29-34(3,4)5/h30-31H,6-29H2,1-5H3/p+1. The van der Waals surface area contributed by atoms with Crippen LogP contribution in [-0.2, 0) is 14.3 Å². The van der Waals surface area contributed by atoms with Crippen LogP contribution in [0.25, 0.3) is 0 Å². The molecule has 0 aromatic heterocycles. The zero-order chi connectivity index (χ0) is 28.5. The molecule has 0 aliphatic rings. The van der Waals surface area contributed by atoms with Gasteiger partial charge in [-0.05, 0) is 12.3 Å². The van der Waals surface area contributed by atoms with E-state index >= 15 is 0 Å². The second-order valence-electron chi connectivity index (χ2n) is 13.0. The Labute approximate surface area is 237 Å². The lowest BCUT2D eigenvalue weighted by Crippen LogP contribution is -2.43.